The first-order chi connectivity index (χ1) is 16.8. The van der Waals surface area contributed by atoms with E-state index in [9.17, 15) is 26.4 Å². The van der Waals surface area contributed by atoms with Crippen molar-refractivity contribution < 1.29 is 35.9 Å². The summed E-state index contributed by atoms with van der Waals surface area (Å²) in [5.41, 5.74) is -0.913. The molecule has 36 heavy (non-hydrogen) atoms. The van der Waals surface area contributed by atoms with Crippen LogP contribution in [-0.4, -0.2) is 42.3 Å². The summed E-state index contributed by atoms with van der Waals surface area (Å²) in [5, 5.41) is 3.71. The summed E-state index contributed by atoms with van der Waals surface area (Å²) in [7, 11) is -3.03. The maximum absolute atomic E-state index is 13.4. The summed E-state index contributed by atoms with van der Waals surface area (Å²) in [4.78, 5) is 12.9. The van der Waals surface area contributed by atoms with Crippen LogP contribution in [0.25, 0.3) is 5.69 Å². The Kier molecular flexibility index (Phi) is 6.65. The van der Waals surface area contributed by atoms with E-state index in [2.05, 4.69) is 5.10 Å². The van der Waals surface area contributed by atoms with Crippen LogP contribution < -0.4 is 9.47 Å². The van der Waals surface area contributed by atoms with E-state index in [1.54, 1.807) is 19.9 Å². The number of hydrogen-bond acceptors (Lipinski definition) is 6. The van der Waals surface area contributed by atoms with Crippen LogP contribution in [0.1, 0.15) is 41.4 Å². The van der Waals surface area contributed by atoms with E-state index >= 15 is 0 Å². The molecule has 4 rings (SSSR count). The molecular weight excluding hydrogens is 546 g/mol. The maximum atomic E-state index is 13.4. The molecule has 0 bridgehead atoms. The normalized spacial score (nSPS) is 14.9. The highest BCUT2D eigenvalue weighted by molar-refractivity contribution is 7.90. The van der Waals surface area contributed by atoms with Crippen LogP contribution in [0, 0.1) is 0 Å². The van der Waals surface area contributed by atoms with Gasteiger partial charge in [0.05, 0.1) is 23.4 Å². The summed E-state index contributed by atoms with van der Waals surface area (Å²) in [5.74, 6) is -1.35. The fourth-order valence-corrected chi connectivity index (χ4v) is 5.61. The second-order valence-corrected chi connectivity index (χ2v) is 10.7. The van der Waals surface area contributed by atoms with Crippen molar-refractivity contribution in [1.82, 2.24) is 14.1 Å². The zero-order valence-electron chi connectivity index (χ0n) is 18.9. The zero-order chi connectivity index (χ0) is 26.6. The van der Waals surface area contributed by atoms with Crippen LogP contribution in [0.5, 0.6) is 11.6 Å². The smallest absolute Gasteiger partial charge is 0.435 e. The number of benzene rings is 2. The Morgan fingerprint density at radius 3 is 2.39 bits per heavy atom. The quantitative estimate of drug-likeness (QED) is 0.392. The Bertz CT molecular complexity index is 1470. The van der Waals surface area contributed by atoms with Gasteiger partial charge >= 0.3 is 6.18 Å². The molecule has 2 heterocycles. The van der Waals surface area contributed by atoms with Gasteiger partial charge in [-0.1, -0.05) is 37.0 Å². The molecular formula is C22H18Cl2F3N3O5S. The number of sulfonamides is 1. The van der Waals surface area contributed by atoms with Crippen LogP contribution in [0.2, 0.25) is 10.0 Å². The van der Waals surface area contributed by atoms with Crippen LogP contribution in [0.3, 0.4) is 0 Å². The van der Waals surface area contributed by atoms with Gasteiger partial charge in [0.1, 0.15) is 10.6 Å². The lowest BCUT2D eigenvalue weighted by atomic mass is 9.96. The number of hydrogen-bond donors (Lipinski definition) is 0. The number of rotatable bonds is 6. The monoisotopic (exact) mass is 563 g/mol. The van der Waals surface area contributed by atoms with E-state index in [0.717, 1.165) is 4.68 Å². The first-order valence-corrected chi connectivity index (χ1v) is 12.5. The minimum atomic E-state index is -4.84. The van der Waals surface area contributed by atoms with E-state index in [0.29, 0.717) is 15.9 Å². The molecule has 0 saturated carbocycles. The third-order valence-corrected chi connectivity index (χ3v) is 7.67. The molecule has 0 atom stereocenters. The molecule has 192 valence electrons. The first kappa shape index (κ1) is 26.1. The van der Waals surface area contributed by atoms with E-state index in [-0.39, 0.29) is 37.9 Å². The molecule has 2 aromatic carbocycles. The average Bonchev–Trinajstić information content (AvgIpc) is 3.29. The zero-order valence-corrected chi connectivity index (χ0v) is 21.3. The number of nitrogens with zero attached hydrogens (tertiary/aromatic N) is 3. The van der Waals surface area contributed by atoms with Crippen molar-refractivity contribution in [3.05, 3.63) is 63.3 Å². The molecule has 0 aliphatic carbocycles. The van der Waals surface area contributed by atoms with E-state index in [1.165, 1.54) is 31.4 Å². The van der Waals surface area contributed by atoms with Gasteiger partial charge in [-0.2, -0.15) is 27.3 Å². The Morgan fingerprint density at radius 2 is 1.81 bits per heavy atom. The minimum absolute atomic E-state index is 0.00251. The minimum Gasteiger partial charge on any atom is -0.497 e. The fraction of sp³-hybridized carbons (Fsp3) is 0.273. The number of ether oxygens (including phenoxy) is 2. The molecule has 1 aliphatic heterocycles. The largest absolute Gasteiger partial charge is 0.497 e. The van der Waals surface area contributed by atoms with Gasteiger partial charge in [-0.15, -0.1) is 0 Å². The Balaban J connectivity index is 1.74. The Labute approximate surface area is 214 Å². The molecule has 0 spiro atoms. The molecule has 0 N–H and O–H groups in total. The fourth-order valence-electron chi connectivity index (χ4n) is 3.65. The van der Waals surface area contributed by atoms with Crippen molar-refractivity contribution >= 4 is 39.1 Å². The lowest BCUT2D eigenvalue weighted by Crippen LogP contribution is -2.34. The number of methoxy groups -OCH3 is 1. The number of halogens is 5. The number of carbonyl (C=O) groups is 1. The second-order valence-electron chi connectivity index (χ2n) is 8.05. The van der Waals surface area contributed by atoms with Crippen LogP contribution in [0.4, 0.5) is 13.2 Å². The third kappa shape index (κ3) is 4.48. The standard InChI is InChI=1S/C22H18Cl2F3N3O5S/c1-11(2)14-7-13(34-3)8-17-20(14)21(31)29(36(17,32)33)10-35-19-9-18(22(25,26)27)28-30(19)16-5-4-12(23)6-15(16)24/h4-9,11H,10H2,1-3H3. The summed E-state index contributed by atoms with van der Waals surface area (Å²) in [6, 6.07) is 7.35. The number of aromatic nitrogens is 2. The number of alkyl halides is 3. The van der Waals surface area contributed by atoms with Crippen molar-refractivity contribution in [3.63, 3.8) is 0 Å². The lowest BCUT2D eigenvalue weighted by Gasteiger charge is -2.17. The predicted octanol–water partition coefficient (Wildman–Crippen LogP) is 5.51. The molecule has 0 fully saturated rings. The van der Waals surface area contributed by atoms with Crippen LogP contribution >= 0.6 is 23.2 Å². The second kappa shape index (κ2) is 9.16. The van der Waals surface area contributed by atoms with Crippen molar-refractivity contribution in [3.8, 4) is 17.3 Å². The molecule has 1 aliphatic rings. The average molecular weight is 564 g/mol. The maximum Gasteiger partial charge on any atom is 0.435 e. The first-order valence-electron chi connectivity index (χ1n) is 10.3. The molecule has 1 amide bonds. The van der Waals surface area contributed by atoms with Gasteiger partial charge in [0.15, 0.2) is 12.4 Å². The highest BCUT2D eigenvalue weighted by atomic mass is 35.5. The highest BCUT2D eigenvalue weighted by Crippen LogP contribution is 2.39. The van der Waals surface area contributed by atoms with Crippen LogP contribution in [-0.2, 0) is 16.2 Å². The van der Waals surface area contributed by atoms with Gasteiger partial charge in [0, 0.05) is 17.2 Å². The topological polar surface area (TPSA) is 90.7 Å². The van der Waals surface area contributed by atoms with Gasteiger partial charge in [-0.3, -0.25) is 4.79 Å². The van der Waals surface area contributed by atoms with Crippen molar-refractivity contribution in [2.45, 2.75) is 30.8 Å². The molecule has 1 aromatic heterocycles. The van der Waals surface area contributed by atoms with Gasteiger partial charge in [-0.05, 0) is 35.7 Å². The summed E-state index contributed by atoms with van der Waals surface area (Å²) >= 11 is 12.0. The summed E-state index contributed by atoms with van der Waals surface area (Å²) in [6.45, 7) is 2.65. The molecule has 0 radical (unpaired) electrons. The molecule has 0 unspecified atom stereocenters. The lowest BCUT2D eigenvalue weighted by molar-refractivity contribution is -0.141. The predicted molar refractivity (Wildman–Crippen MR) is 125 cm³/mol. The SMILES string of the molecule is COc1cc(C(C)C)c2c(c1)S(=O)(=O)N(COc1cc(C(F)(F)F)nn1-c1ccc(Cl)cc1Cl)C2=O. The van der Waals surface area contributed by atoms with Crippen molar-refractivity contribution in [2.75, 3.05) is 13.8 Å². The molecule has 0 saturated heterocycles. The molecule has 8 nitrogen and oxygen atoms in total. The number of fused-ring (bicyclic) bond motifs is 1. The van der Waals surface area contributed by atoms with Gasteiger partial charge in [0.25, 0.3) is 15.9 Å². The van der Waals surface area contributed by atoms with Crippen molar-refractivity contribution in [2.24, 2.45) is 0 Å². The highest BCUT2D eigenvalue weighted by Gasteiger charge is 2.44. The number of carbonyl (C=O) groups excluding carboxylic acids is 1. The van der Waals surface area contributed by atoms with Gasteiger partial charge in [0.2, 0.25) is 5.88 Å². The van der Waals surface area contributed by atoms with Crippen molar-refractivity contribution in [1.29, 1.82) is 0 Å². The van der Waals surface area contributed by atoms with E-state index < -0.39 is 40.4 Å². The Hall–Kier alpha value is -2.96. The van der Waals surface area contributed by atoms with Gasteiger partial charge < -0.3 is 9.47 Å². The summed E-state index contributed by atoms with van der Waals surface area (Å²) in [6.07, 6.45) is -4.84. The van der Waals surface area contributed by atoms with Gasteiger partial charge in [-0.25, -0.2) is 8.42 Å². The third-order valence-electron chi connectivity index (χ3n) is 5.41. The van der Waals surface area contributed by atoms with Crippen LogP contribution in [0.15, 0.2) is 41.3 Å². The van der Waals surface area contributed by atoms with E-state index in [4.69, 9.17) is 32.7 Å². The molecule has 3 aromatic rings. The van der Waals surface area contributed by atoms with E-state index in [1.807, 2.05) is 0 Å². The molecule has 14 heteroatoms. The number of amides is 1. The Morgan fingerprint density at radius 1 is 1.11 bits per heavy atom. The summed E-state index contributed by atoms with van der Waals surface area (Å²) < 4.78 is 78.4.